The molecule has 0 saturated carbocycles. The molecule has 0 fully saturated rings. The minimum absolute atomic E-state index is 0.197. The normalized spacial score (nSPS) is 11.9. The molecule has 0 N–H and O–H groups in total. The number of unbranched alkanes of at least 4 members (excludes halogenated alkanes) is 4. The third-order valence-corrected chi connectivity index (χ3v) is 3.45. The molecule has 0 heterocycles. The lowest BCUT2D eigenvalue weighted by Crippen LogP contribution is -2.13. The number of hydrogen-bond acceptors (Lipinski definition) is 3. The second-order valence-electron chi connectivity index (χ2n) is 5.32. The zero-order chi connectivity index (χ0) is 15.3. The van der Waals surface area contributed by atoms with Gasteiger partial charge in [-0.05, 0) is 24.8 Å². The Balaban J connectivity index is 2.49. The fourth-order valence-electron chi connectivity index (χ4n) is 2.17. The average molecular weight is 292 g/mol. The van der Waals surface area contributed by atoms with Gasteiger partial charge in [-0.1, -0.05) is 69.9 Å². The summed E-state index contributed by atoms with van der Waals surface area (Å²) < 4.78 is 10.6. The van der Waals surface area contributed by atoms with Crippen LogP contribution in [0.15, 0.2) is 30.3 Å². The lowest BCUT2D eigenvalue weighted by atomic mass is 10.0. The molecule has 1 atom stereocenters. The maximum absolute atomic E-state index is 11.7. The van der Waals surface area contributed by atoms with Crippen molar-refractivity contribution in [2.24, 2.45) is 0 Å². The fourth-order valence-corrected chi connectivity index (χ4v) is 2.17. The fraction of sp³-hybridized carbons (Fsp3) is 0.611. The molecule has 1 rings (SSSR count). The van der Waals surface area contributed by atoms with E-state index in [-0.39, 0.29) is 6.10 Å². The molecule has 21 heavy (non-hydrogen) atoms. The first-order chi connectivity index (χ1) is 10.3. The molecule has 0 aliphatic rings. The number of ether oxygens (including phenoxy) is 2. The summed E-state index contributed by atoms with van der Waals surface area (Å²) in [6.07, 6.45) is 6.66. The summed E-state index contributed by atoms with van der Waals surface area (Å²) in [7, 11) is 0. The summed E-state index contributed by atoms with van der Waals surface area (Å²) in [5, 5.41) is 0. The Morgan fingerprint density at radius 3 is 2.38 bits per heavy atom. The highest BCUT2D eigenvalue weighted by molar-refractivity contribution is 5.60. The van der Waals surface area contributed by atoms with Crippen LogP contribution in [0.4, 0.5) is 4.79 Å². The van der Waals surface area contributed by atoms with Gasteiger partial charge in [0, 0.05) is 0 Å². The Kier molecular flexibility index (Phi) is 9.34. The van der Waals surface area contributed by atoms with Crippen LogP contribution < -0.4 is 0 Å². The smallest absolute Gasteiger partial charge is 0.434 e. The first-order valence-electron chi connectivity index (χ1n) is 8.16. The van der Waals surface area contributed by atoms with Gasteiger partial charge in [-0.25, -0.2) is 4.79 Å². The molecule has 0 radical (unpaired) electrons. The highest BCUT2D eigenvalue weighted by atomic mass is 16.7. The third-order valence-electron chi connectivity index (χ3n) is 3.45. The van der Waals surface area contributed by atoms with E-state index >= 15 is 0 Å². The van der Waals surface area contributed by atoms with E-state index in [1.807, 2.05) is 30.3 Å². The summed E-state index contributed by atoms with van der Waals surface area (Å²) in [5.41, 5.74) is 1.04. The first kappa shape index (κ1) is 17.5. The van der Waals surface area contributed by atoms with Crippen LogP contribution in [-0.4, -0.2) is 12.8 Å². The van der Waals surface area contributed by atoms with Crippen molar-refractivity contribution in [2.75, 3.05) is 6.61 Å². The molecule has 0 aliphatic carbocycles. The number of carbonyl (C=O) groups is 1. The Bertz CT molecular complexity index is 375. The van der Waals surface area contributed by atoms with E-state index in [1.54, 1.807) is 0 Å². The van der Waals surface area contributed by atoms with Gasteiger partial charge < -0.3 is 9.47 Å². The topological polar surface area (TPSA) is 35.5 Å². The second-order valence-corrected chi connectivity index (χ2v) is 5.32. The van der Waals surface area contributed by atoms with Crippen molar-refractivity contribution in [3.05, 3.63) is 35.9 Å². The number of carbonyl (C=O) groups excluding carboxylic acids is 1. The van der Waals surface area contributed by atoms with Crippen LogP contribution in [0.25, 0.3) is 0 Å². The molecule has 0 aromatic heterocycles. The largest absolute Gasteiger partial charge is 0.508 e. The van der Waals surface area contributed by atoms with Gasteiger partial charge in [-0.15, -0.1) is 0 Å². The van der Waals surface area contributed by atoms with E-state index in [9.17, 15) is 4.79 Å². The van der Waals surface area contributed by atoms with Gasteiger partial charge in [0.1, 0.15) is 6.10 Å². The summed E-state index contributed by atoms with van der Waals surface area (Å²) in [6.45, 7) is 4.69. The van der Waals surface area contributed by atoms with Crippen LogP contribution in [0.1, 0.15) is 70.5 Å². The minimum Gasteiger partial charge on any atom is -0.434 e. The van der Waals surface area contributed by atoms with Crippen molar-refractivity contribution in [2.45, 2.75) is 64.9 Å². The van der Waals surface area contributed by atoms with Crippen molar-refractivity contribution in [3.63, 3.8) is 0 Å². The summed E-state index contributed by atoms with van der Waals surface area (Å²) in [4.78, 5) is 11.7. The van der Waals surface area contributed by atoms with Crippen LogP contribution >= 0.6 is 0 Å². The van der Waals surface area contributed by atoms with Gasteiger partial charge in [0.25, 0.3) is 0 Å². The van der Waals surface area contributed by atoms with Crippen LogP contribution in [0.3, 0.4) is 0 Å². The minimum atomic E-state index is -0.548. The molecule has 0 bridgehead atoms. The number of rotatable bonds is 10. The maximum atomic E-state index is 11.7. The van der Waals surface area contributed by atoms with Gasteiger partial charge in [0.2, 0.25) is 0 Å². The molecule has 3 heteroatoms. The van der Waals surface area contributed by atoms with Crippen molar-refractivity contribution in [3.8, 4) is 0 Å². The molecule has 3 nitrogen and oxygen atoms in total. The van der Waals surface area contributed by atoms with Crippen molar-refractivity contribution in [1.82, 2.24) is 0 Å². The summed E-state index contributed by atoms with van der Waals surface area (Å²) in [5.74, 6) is 0. The standard InChI is InChI=1S/C18H28O3/c1-3-5-7-11-14-17(16-12-9-8-10-13-16)21-18(19)20-15-6-4-2/h8-10,12-13,17H,3-7,11,14-15H2,1-2H3. The molecule has 0 aliphatic heterocycles. The van der Waals surface area contributed by atoms with E-state index in [2.05, 4.69) is 13.8 Å². The monoisotopic (exact) mass is 292 g/mol. The molecular weight excluding hydrogens is 264 g/mol. The third kappa shape index (κ3) is 7.74. The number of hydrogen-bond donors (Lipinski definition) is 0. The molecule has 118 valence electrons. The van der Waals surface area contributed by atoms with Crippen LogP contribution in [0.2, 0.25) is 0 Å². The van der Waals surface area contributed by atoms with Crippen molar-refractivity contribution in [1.29, 1.82) is 0 Å². The van der Waals surface area contributed by atoms with E-state index in [0.717, 1.165) is 31.2 Å². The molecule has 0 spiro atoms. The average Bonchev–Trinajstić information content (AvgIpc) is 2.51. The molecule has 0 saturated heterocycles. The zero-order valence-corrected chi connectivity index (χ0v) is 13.3. The predicted octanol–water partition coefficient (Wildman–Crippen LogP) is 5.65. The van der Waals surface area contributed by atoms with Gasteiger partial charge in [0.05, 0.1) is 6.61 Å². The van der Waals surface area contributed by atoms with Gasteiger partial charge in [-0.3, -0.25) is 0 Å². The Hall–Kier alpha value is -1.51. The number of benzene rings is 1. The second kappa shape index (κ2) is 11.2. The highest BCUT2D eigenvalue weighted by Gasteiger charge is 2.17. The van der Waals surface area contributed by atoms with E-state index in [4.69, 9.17) is 9.47 Å². The molecule has 1 aromatic carbocycles. The molecule has 1 aromatic rings. The SMILES string of the molecule is CCCCCCC(OC(=O)OCCCC)c1ccccc1. The van der Waals surface area contributed by atoms with E-state index in [1.165, 1.54) is 19.3 Å². The lowest BCUT2D eigenvalue weighted by molar-refractivity contribution is 0.0184. The van der Waals surface area contributed by atoms with Crippen LogP contribution in [-0.2, 0) is 9.47 Å². The van der Waals surface area contributed by atoms with E-state index in [0.29, 0.717) is 6.61 Å². The zero-order valence-electron chi connectivity index (χ0n) is 13.3. The van der Waals surface area contributed by atoms with Crippen molar-refractivity contribution < 1.29 is 14.3 Å². The first-order valence-corrected chi connectivity index (χ1v) is 8.16. The van der Waals surface area contributed by atoms with Gasteiger partial charge >= 0.3 is 6.16 Å². The van der Waals surface area contributed by atoms with E-state index < -0.39 is 6.16 Å². The van der Waals surface area contributed by atoms with Crippen LogP contribution in [0, 0.1) is 0 Å². The summed E-state index contributed by atoms with van der Waals surface area (Å²) >= 11 is 0. The van der Waals surface area contributed by atoms with Gasteiger partial charge in [0.15, 0.2) is 0 Å². The molecular formula is C18H28O3. The molecule has 1 unspecified atom stereocenters. The summed E-state index contributed by atoms with van der Waals surface area (Å²) in [6, 6.07) is 9.92. The Labute approximate surface area is 128 Å². The quantitative estimate of drug-likeness (QED) is 0.413. The lowest BCUT2D eigenvalue weighted by Gasteiger charge is -2.18. The molecule has 0 amide bonds. The predicted molar refractivity (Wildman–Crippen MR) is 85.3 cm³/mol. The highest BCUT2D eigenvalue weighted by Crippen LogP contribution is 2.24. The Morgan fingerprint density at radius 2 is 1.71 bits per heavy atom. The van der Waals surface area contributed by atoms with Crippen LogP contribution in [0.5, 0.6) is 0 Å². The Morgan fingerprint density at radius 1 is 1.00 bits per heavy atom. The van der Waals surface area contributed by atoms with Gasteiger partial charge in [-0.2, -0.15) is 0 Å². The maximum Gasteiger partial charge on any atom is 0.508 e. The van der Waals surface area contributed by atoms with Crippen molar-refractivity contribution >= 4 is 6.16 Å².